The van der Waals surface area contributed by atoms with Crippen LogP contribution in [0.2, 0.25) is 0 Å². The van der Waals surface area contributed by atoms with Crippen molar-refractivity contribution in [3.63, 3.8) is 0 Å². The molecule has 110 valence electrons. The number of esters is 1. The number of aryl methyl sites for hydroxylation is 1. The van der Waals surface area contributed by atoms with Gasteiger partial charge in [-0.25, -0.2) is 14.2 Å². The molecule has 3 aromatic rings. The van der Waals surface area contributed by atoms with E-state index >= 15 is 0 Å². The van der Waals surface area contributed by atoms with Crippen molar-refractivity contribution in [3.05, 3.63) is 65.8 Å². The van der Waals surface area contributed by atoms with Gasteiger partial charge in [0.05, 0.1) is 0 Å². The summed E-state index contributed by atoms with van der Waals surface area (Å²) in [6, 6.07) is 10.9. The van der Waals surface area contributed by atoms with Gasteiger partial charge in [-0.3, -0.25) is 0 Å². The summed E-state index contributed by atoms with van der Waals surface area (Å²) in [7, 11) is 0. The van der Waals surface area contributed by atoms with Crippen LogP contribution in [0.15, 0.2) is 53.0 Å². The van der Waals surface area contributed by atoms with Gasteiger partial charge in [-0.1, -0.05) is 12.1 Å². The molecule has 0 saturated carbocycles. The lowest BCUT2D eigenvalue weighted by Gasteiger charge is -2.00. The lowest BCUT2D eigenvalue weighted by Crippen LogP contribution is -2.03. The number of hydrogen-bond acceptors (Lipinski definition) is 4. The van der Waals surface area contributed by atoms with Gasteiger partial charge >= 0.3 is 5.97 Å². The first-order valence-corrected chi connectivity index (χ1v) is 6.63. The number of halogens is 1. The molecule has 0 atom stereocenters. The summed E-state index contributed by atoms with van der Waals surface area (Å²) < 4.78 is 23.6. The summed E-state index contributed by atoms with van der Waals surface area (Å²) in [5.41, 5.74) is 1.84. The van der Waals surface area contributed by atoms with Crippen molar-refractivity contribution in [1.82, 2.24) is 4.98 Å². The number of benzene rings is 2. The standard InChI is InChI=1S/C17H12FNO3/c1-11-19-15-7-6-14(10-16(15)21-11)22-17(20)8-5-12-3-2-4-13(18)9-12/h2-10H,1H3/b8-5+. The molecule has 3 rings (SSSR count). The monoisotopic (exact) mass is 297 g/mol. The number of fused-ring (bicyclic) bond motifs is 1. The van der Waals surface area contributed by atoms with E-state index in [0.717, 1.165) is 0 Å². The first-order chi connectivity index (χ1) is 10.6. The van der Waals surface area contributed by atoms with Gasteiger partial charge in [0, 0.05) is 19.1 Å². The summed E-state index contributed by atoms with van der Waals surface area (Å²) in [4.78, 5) is 15.9. The summed E-state index contributed by atoms with van der Waals surface area (Å²) in [6.07, 6.45) is 2.73. The van der Waals surface area contributed by atoms with E-state index in [1.54, 1.807) is 37.3 Å². The van der Waals surface area contributed by atoms with Gasteiger partial charge < -0.3 is 9.15 Å². The van der Waals surface area contributed by atoms with Gasteiger partial charge in [0.25, 0.3) is 0 Å². The van der Waals surface area contributed by atoms with Crippen LogP contribution in [0.25, 0.3) is 17.2 Å². The van der Waals surface area contributed by atoms with Crippen molar-refractivity contribution < 1.29 is 18.3 Å². The van der Waals surface area contributed by atoms with Crippen LogP contribution in [0.3, 0.4) is 0 Å². The molecule has 1 aromatic heterocycles. The normalized spacial score (nSPS) is 11.2. The molecule has 0 unspecified atom stereocenters. The van der Waals surface area contributed by atoms with Crippen LogP contribution in [-0.4, -0.2) is 11.0 Å². The molecule has 0 fully saturated rings. The first kappa shape index (κ1) is 14.0. The number of aromatic nitrogens is 1. The molecule has 0 aliphatic heterocycles. The highest BCUT2D eigenvalue weighted by Crippen LogP contribution is 2.21. The van der Waals surface area contributed by atoms with E-state index in [1.807, 2.05) is 0 Å². The molecule has 0 bridgehead atoms. The zero-order valence-electron chi connectivity index (χ0n) is 11.7. The number of ether oxygens (including phenoxy) is 1. The molecular weight excluding hydrogens is 285 g/mol. The molecule has 0 radical (unpaired) electrons. The maximum absolute atomic E-state index is 13.0. The third-order valence-corrected chi connectivity index (χ3v) is 2.95. The average molecular weight is 297 g/mol. The zero-order valence-corrected chi connectivity index (χ0v) is 11.7. The Morgan fingerprint density at radius 3 is 2.95 bits per heavy atom. The van der Waals surface area contributed by atoms with E-state index < -0.39 is 5.97 Å². The molecule has 4 nitrogen and oxygen atoms in total. The van der Waals surface area contributed by atoms with E-state index in [9.17, 15) is 9.18 Å². The highest BCUT2D eigenvalue weighted by atomic mass is 19.1. The lowest BCUT2D eigenvalue weighted by molar-refractivity contribution is -0.128. The Bertz CT molecular complexity index is 867. The zero-order chi connectivity index (χ0) is 15.5. The van der Waals surface area contributed by atoms with Gasteiger partial charge in [0.2, 0.25) is 0 Å². The highest BCUT2D eigenvalue weighted by molar-refractivity contribution is 5.89. The van der Waals surface area contributed by atoms with Gasteiger partial charge in [-0.2, -0.15) is 0 Å². The maximum Gasteiger partial charge on any atom is 0.336 e. The molecule has 0 spiro atoms. The van der Waals surface area contributed by atoms with Crippen LogP contribution in [-0.2, 0) is 4.79 Å². The van der Waals surface area contributed by atoms with Crippen LogP contribution >= 0.6 is 0 Å². The van der Waals surface area contributed by atoms with E-state index in [0.29, 0.717) is 28.3 Å². The highest BCUT2D eigenvalue weighted by Gasteiger charge is 2.06. The number of hydrogen-bond donors (Lipinski definition) is 0. The Balaban J connectivity index is 1.72. The number of rotatable bonds is 3. The van der Waals surface area contributed by atoms with Crippen LogP contribution in [0.4, 0.5) is 4.39 Å². The molecule has 0 saturated heterocycles. The average Bonchev–Trinajstić information content (AvgIpc) is 2.84. The van der Waals surface area contributed by atoms with Crippen LogP contribution < -0.4 is 4.74 Å². The summed E-state index contributed by atoms with van der Waals surface area (Å²) >= 11 is 0. The SMILES string of the molecule is Cc1nc2ccc(OC(=O)/C=C/c3cccc(F)c3)cc2o1. The Hall–Kier alpha value is -2.95. The molecule has 0 aliphatic rings. The van der Waals surface area contributed by atoms with Crippen molar-refractivity contribution in [2.24, 2.45) is 0 Å². The van der Waals surface area contributed by atoms with Crippen LogP contribution in [0.5, 0.6) is 5.75 Å². The second kappa shape index (κ2) is 5.81. The predicted octanol–water partition coefficient (Wildman–Crippen LogP) is 3.89. The van der Waals surface area contributed by atoms with Crippen molar-refractivity contribution in [2.45, 2.75) is 6.92 Å². The number of carbonyl (C=O) groups is 1. The molecule has 0 amide bonds. The van der Waals surface area contributed by atoms with E-state index in [4.69, 9.17) is 9.15 Å². The third-order valence-electron chi connectivity index (χ3n) is 2.95. The molecule has 22 heavy (non-hydrogen) atoms. The quantitative estimate of drug-likeness (QED) is 0.418. The van der Waals surface area contributed by atoms with E-state index in [2.05, 4.69) is 4.98 Å². The minimum absolute atomic E-state index is 0.359. The number of nitrogens with zero attached hydrogens (tertiary/aromatic N) is 1. The van der Waals surface area contributed by atoms with Crippen LogP contribution in [0, 0.1) is 12.7 Å². The molecule has 5 heteroatoms. The van der Waals surface area contributed by atoms with Crippen LogP contribution in [0.1, 0.15) is 11.5 Å². The summed E-state index contributed by atoms with van der Waals surface area (Å²) in [5, 5.41) is 0. The molecule has 2 aromatic carbocycles. The van der Waals surface area contributed by atoms with Gasteiger partial charge in [-0.15, -0.1) is 0 Å². The fourth-order valence-electron chi connectivity index (χ4n) is 2.01. The Morgan fingerprint density at radius 2 is 2.14 bits per heavy atom. The maximum atomic E-state index is 13.0. The van der Waals surface area contributed by atoms with E-state index in [1.165, 1.54) is 24.3 Å². The van der Waals surface area contributed by atoms with Crippen molar-refractivity contribution in [1.29, 1.82) is 0 Å². The Kier molecular flexibility index (Phi) is 3.70. The van der Waals surface area contributed by atoms with E-state index in [-0.39, 0.29) is 5.82 Å². The lowest BCUT2D eigenvalue weighted by atomic mass is 10.2. The summed E-state index contributed by atoms with van der Waals surface area (Å²) in [6.45, 7) is 1.74. The Labute approximate surface area is 125 Å². The minimum Gasteiger partial charge on any atom is -0.441 e. The number of oxazole rings is 1. The van der Waals surface area contributed by atoms with Gasteiger partial charge in [-0.05, 0) is 35.9 Å². The third kappa shape index (κ3) is 3.20. The topological polar surface area (TPSA) is 52.3 Å². The van der Waals surface area contributed by atoms with Gasteiger partial charge in [0.1, 0.15) is 17.1 Å². The minimum atomic E-state index is -0.556. The molecular formula is C17H12FNO3. The second-order valence-electron chi connectivity index (χ2n) is 4.67. The number of carbonyl (C=O) groups excluding carboxylic acids is 1. The molecule has 0 N–H and O–H groups in total. The largest absolute Gasteiger partial charge is 0.441 e. The fraction of sp³-hybridized carbons (Fsp3) is 0.0588. The predicted molar refractivity (Wildman–Crippen MR) is 79.8 cm³/mol. The summed E-state index contributed by atoms with van der Waals surface area (Å²) in [5.74, 6) is -0.0106. The van der Waals surface area contributed by atoms with Crippen molar-refractivity contribution in [2.75, 3.05) is 0 Å². The first-order valence-electron chi connectivity index (χ1n) is 6.63. The Morgan fingerprint density at radius 1 is 1.27 bits per heavy atom. The molecule has 1 heterocycles. The fourth-order valence-corrected chi connectivity index (χ4v) is 2.01. The molecule has 0 aliphatic carbocycles. The second-order valence-corrected chi connectivity index (χ2v) is 4.67. The van der Waals surface area contributed by atoms with Gasteiger partial charge in [0.15, 0.2) is 11.5 Å². The van der Waals surface area contributed by atoms with Crippen molar-refractivity contribution in [3.8, 4) is 5.75 Å². The smallest absolute Gasteiger partial charge is 0.336 e. The van der Waals surface area contributed by atoms with Crippen molar-refractivity contribution >= 4 is 23.1 Å².